The lowest BCUT2D eigenvalue weighted by Gasteiger charge is -2.24. The third-order valence-corrected chi connectivity index (χ3v) is 6.57. The van der Waals surface area contributed by atoms with E-state index in [0.717, 1.165) is 15.4 Å². The van der Waals surface area contributed by atoms with Crippen LogP contribution in [0.25, 0.3) is 0 Å². The fraction of sp³-hybridized carbons (Fsp3) is 0.174. The zero-order valence-corrected chi connectivity index (χ0v) is 18.8. The van der Waals surface area contributed by atoms with Gasteiger partial charge in [-0.25, -0.2) is 8.42 Å². The summed E-state index contributed by atoms with van der Waals surface area (Å²) in [4.78, 5) is 12.8. The molecule has 0 radical (unpaired) electrons. The zero-order valence-electron chi connectivity index (χ0n) is 17.2. The maximum atomic E-state index is 13.3. The smallest absolute Gasteiger partial charge is 0.264 e. The van der Waals surface area contributed by atoms with Gasteiger partial charge in [-0.15, -0.1) is 0 Å². The summed E-state index contributed by atoms with van der Waals surface area (Å²) in [5, 5.41) is 3.19. The molecule has 0 heterocycles. The first kappa shape index (κ1) is 22.8. The van der Waals surface area contributed by atoms with E-state index in [4.69, 9.17) is 16.3 Å². The van der Waals surface area contributed by atoms with Crippen LogP contribution in [0.15, 0.2) is 77.7 Å². The van der Waals surface area contributed by atoms with E-state index in [1.165, 1.54) is 24.3 Å². The first-order valence-electron chi connectivity index (χ1n) is 9.52. The number of ether oxygens (including phenoxy) is 1. The molecule has 162 valence electrons. The first-order valence-corrected chi connectivity index (χ1v) is 11.3. The normalized spacial score (nSPS) is 11.2. The number of nitrogens with one attached hydrogen (secondary N) is 1. The average molecular weight is 459 g/mol. The third kappa shape index (κ3) is 5.85. The monoisotopic (exact) mass is 458 g/mol. The van der Waals surface area contributed by atoms with Gasteiger partial charge in [0.1, 0.15) is 6.54 Å². The summed E-state index contributed by atoms with van der Waals surface area (Å²) < 4.78 is 32.9. The Morgan fingerprint density at radius 3 is 2.35 bits per heavy atom. The number of benzene rings is 3. The lowest BCUT2D eigenvalue weighted by Crippen LogP contribution is -2.38. The number of carbonyl (C=O) groups excluding carboxylic acids is 1. The predicted molar refractivity (Wildman–Crippen MR) is 123 cm³/mol. The highest BCUT2D eigenvalue weighted by atomic mass is 35.5. The predicted octanol–water partition coefficient (Wildman–Crippen LogP) is 4.63. The summed E-state index contributed by atoms with van der Waals surface area (Å²) >= 11 is 5.90. The van der Waals surface area contributed by atoms with Crippen LogP contribution in [0.4, 0.5) is 11.4 Å². The van der Waals surface area contributed by atoms with Gasteiger partial charge in [0.15, 0.2) is 0 Å². The Hall–Kier alpha value is -2.87. The topological polar surface area (TPSA) is 75.7 Å². The van der Waals surface area contributed by atoms with Crippen LogP contribution < -0.4 is 9.62 Å². The molecule has 0 aromatic heterocycles. The third-order valence-electron chi connectivity index (χ3n) is 4.53. The second kappa shape index (κ2) is 9.96. The Labute approximate surface area is 187 Å². The molecular weight excluding hydrogens is 436 g/mol. The van der Waals surface area contributed by atoms with Crippen LogP contribution in [0.1, 0.15) is 11.1 Å². The van der Waals surface area contributed by atoms with Crippen LogP contribution in [0.5, 0.6) is 0 Å². The molecule has 8 heteroatoms. The standard InChI is InChI=1S/C23H23ClN2O4S/c1-17-6-10-21(11-7-17)26(31(28,29)22-12-8-19(24)9-13-22)15-23(27)25-20-5-3-4-18(14-20)16-30-2/h3-14H,15-16H2,1-2H3,(H,25,27). The van der Waals surface area contributed by atoms with Crippen molar-refractivity contribution in [2.24, 2.45) is 0 Å². The molecule has 3 rings (SSSR count). The minimum atomic E-state index is -3.99. The van der Waals surface area contributed by atoms with E-state index in [0.29, 0.717) is 23.0 Å². The fourth-order valence-electron chi connectivity index (χ4n) is 3.00. The van der Waals surface area contributed by atoms with Crippen molar-refractivity contribution in [1.82, 2.24) is 0 Å². The van der Waals surface area contributed by atoms with Crippen LogP contribution in [0, 0.1) is 6.92 Å². The van der Waals surface area contributed by atoms with Gasteiger partial charge >= 0.3 is 0 Å². The van der Waals surface area contributed by atoms with Crippen LogP contribution in [0.3, 0.4) is 0 Å². The maximum absolute atomic E-state index is 13.3. The van der Waals surface area contributed by atoms with Crippen molar-refractivity contribution in [2.75, 3.05) is 23.3 Å². The van der Waals surface area contributed by atoms with Crippen molar-refractivity contribution in [1.29, 1.82) is 0 Å². The average Bonchev–Trinajstić information content (AvgIpc) is 2.73. The Kier molecular flexibility index (Phi) is 7.33. The number of aryl methyl sites for hydroxylation is 1. The molecule has 0 fully saturated rings. The van der Waals surface area contributed by atoms with Crippen molar-refractivity contribution >= 4 is 38.9 Å². The van der Waals surface area contributed by atoms with Gasteiger partial charge in [0.05, 0.1) is 17.2 Å². The molecule has 0 aliphatic heterocycles. The highest BCUT2D eigenvalue weighted by molar-refractivity contribution is 7.92. The van der Waals surface area contributed by atoms with Gasteiger partial charge in [-0.2, -0.15) is 0 Å². The van der Waals surface area contributed by atoms with Crippen LogP contribution >= 0.6 is 11.6 Å². The van der Waals surface area contributed by atoms with Crippen molar-refractivity contribution in [3.05, 3.63) is 88.9 Å². The van der Waals surface area contributed by atoms with Gasteiger partial charge in [-0.3, -0.25) is 9.10 Å². The van der Waals surface area contributed by atoms with Crippen LogP contribution in [0.2, 0.25) is 5.02 Å². The highest BCUT2D eigenvalue weighted by Crippen LogP contribution is 2.25. The highest BCUT2D eigenvalue weighted by Gasteiger charge is 2.27. The lowest BCUT2D eigenvalue weighted by atomic mass is 10.2. The van der Waals surface area contributed by atoms with Gasteiger partial charge in [0, 0.05) is 17.8 Å². The van der Waals surface area contributed by atoms with Gasteiger partial charge < -0.3 is 10.1 Å². The summed E-state index contributed by atoms with van der Waals surface area (Å²) in [6, 6.07) is 20.0. The molecule has 0 aliphatic carbocycles. The van der Waals surface area contributed by atoms with Crippen molar-refractivity contribution < 1.29 is 17.9 Å². The number of anilines is 2. The summed E-state index contributed by atoms with van der Waals surface area (Å²) in [5.74, 6) is -0.465. The van der Waals surface area contributed by atoms with E-state index in [9.17, 15) is 13.2 Å². The van der Waals surface area contributed by atoms with Crippen molar-refractivity contribution in [3.63, 3.8) is 0 Å². The molecule has 0 saturated carbocycles. The number of methoxy groups -OCH3 is 1. The Balaban J connectivity index is 1.90. The molecule has 3 aromatic carbocycles. The SMILES string of the molecule is COCc1cccc(NC(=O)CN(c2ccc(C)cc2)S(=O)(=O)c2ccc(Cl)cc2)c1. The largest absolute Gasteiger partial charge is 0.380 e. The molecule has 0 atom stereocenters. The summed E-state index contributed by atoms with van der Waals surface area (Å²) in [5.41, 5.74) is 2.83. The van der Waals surface area contributed by atoms with Crippen LogP contribution in [-0.4, -0.2) is 28.0 Å². The summed E-state index contributed by atoms with van der Waals surface area (Å²) in [6.45, 7) is 1.92. The molecule has 0 unspecified atom stereocenters. The molecule has 3 aromatic rings. The van der Waals surface area contributed by atoms with E-state index in [-0.39, 0.29) is 11.4 Å². The second-order valence-corrected chi connectivity index (χ2v) is 9.28. The molecule has 0 saturated heterocycles. The quantitative estimate of drug-likeness (QED) is 0.534. The van der Waals surface area contributed by atoms with Gasteiger partial charge in [-0.1, -0.05) is 41.4 Å². The number of hydrogen-bond donors (Lipinski definition) is 1. The molecular formula is C23H23ClN2O4S. The molecule has 31 heavy (non-hydrogen) atoms. The van der Waals surface area contributed by atoms with Crippen molar-refractivity contribution in [2.45, 2.75) is 18.4 Å². The molecule has 6 nitrogen and oxygen atoms in total. The molecule has 0 spiro atoms. The van der Waals surface area contributed by atoms with E-state index in [1.54, 1.807) is 49.6 Å². The summed E-state index contributed by atoms with van der Waals surface area (Å²) in [6.07, 6.45) is 0. The summed E-state index contributed by atoms with van der Waals surface area (Å²) in [7, 11) is -2.40. The molecule has 0 aliphatic rings. The lowest BCUT2D eigenvalue weighted by molar-refractivity contribution is -0.114. The minimum absolute atomic E-state index is 0.0485. The van der Waals surface area contributed by atoms with E-state index in [1.807, 2.05) is 13.0 Å². The maximum Gasteiger partial charge on any atom is 0.264 e. The molecule has 1 amide bonds. The van der Waals surface area contributed by atoms with Gasteiger partial charge in [-0.05, 0) is 61.0 Å². The van der Waals surface area contributed by atoms with Crippen molar-refractivity contribution in [3.8, 4) is 0 Å². The number of halogens is 1. The number of rotatable bonds is 8. The van der Waals surface area contributed by atoms with Gasteiger partial charge in [0.2, 0.25) is 5.91 Å². The minimum Gasteiger partial charge on any atom is -0.380 e. The number of amides is 1. The van der Waals surface area contributed by atoms with E-state index in [2.05, 4.69) is 5.32 Å². The Morgan fingerprint density at radius 2 is 1.71 bits per heavy atom. The fourth-order valence-corrected chi connectivity index (χ4v) is 4.54. The number of hydrogen-bond acceptors (Lipinski definition) is 4. The number of carbonyl (C=O) groups is 1. The van der Waals surface area contributed by atoms with Gasteiger partial charge in [0.25, 0.3) is 10.0 Å². The Morgan fingerprint density at radius 1 is 1.03 bits per heavy atom. The second-order valence-electron chi connectivity index (χ2n) is 6.98. The van der Waals surface area contributed by atoms with E-state index < -0.39 is 15.9 Å². The Bertz CT molecular complexity index is 1150. The number of nitrogens with zero attached hydrogens (tertiary/aromatic N) is 1. The first-order chi connectivity index (χ1) is 14.8. The molecule has 1 N–H and O–H groups in total. The van der Waals surface area contributed by atoms with Crippen LogP contribution in [-0.2, 0) is 26.2 Å². The zero-order chi connectivity index (χ0) is 22.4. The van der Waals surface area contributed by atoms with E-state index >= 15 is 0 Å². The number of sulfonamides is 1. The molecule has 0 bridgehead atoms.